The van der Waals surface area contributed by atoms with Crippen molar-refractivity contribution in [1.29, 1.82) is 5.26 Å². The first kappa shape index (κ1) is 17.5. The van der Waals surface area contributed by atoms with Gasteiger partial charge in [0.2, 0.25) is 0 Å². The minimum Gasteiger partial charge on any atom is -0.383 e. The van der Waals surface area contributed by atoms with Crippen LogP contribution in [0.15, 0.2) is 18.2 Å². The Morgan fingerprint density at radius 1 is 1.35 bits per heavy atom. The number of aromatic nitrogens is 1. The lowest BCUT2D eigenvalue weighted by molar-refractivity contribution is -0.137. The van der Waals surface area contributed by atoms with E-state index in [1.54, 1.807) is 6.92 Å². The van der Waals surface area contributed by atoms with Crippen LogP contribution < -0.4 is 0 Å². The van der Waals surface area contributed by atoms with Crippen molar-refractivity contribution in [2.75, 3.05) is 11.5 Å². The highest BCUT2D eigenvalue weighted by atomic mass is 32.2. The molecule has 0 amide bonds. The molecule has 0 radical (unpaired) electrons. The van der Waals surface area contributed by atoms with Gasteiger partial charge in [0.25, 0.3) is 0 Å². The van der Waals surface area contributed by atoms with Crippen LogP contribution in [0.2, 0.25) is 0 Å². The predicted octanol–water partition coefficient (Wildman–Crippen LogP) is 3.03. The molecule has 1 aromatic carbocycles. The monoisotopic (exact) mass is 344 g/mol. The van der Waals surface area contributed by atoms with Gasteiger partial charge in [-0.25, -0.2) is 0 Å². The van der Waals surface area contributed by atoms with E-state index in [0.717, 1.165) is 12.1 Å². The Kier molecular flexibility index (Phi) is 4.55. The van der Waals surface area contributed by atoms with Gasteiger partial charge < -0.3 is 10.1 Å². The Labute approximate surface area is 133 Å². The third-order valence-corrected chi connectivity index (χ3v) is 5.06. The Morgan fingerprint density at radius 3 is 2.52 bits per heavy atom. The number of aromatic amines is 1. The Balaban J connectivity index is 2.55. The molecule has 2 N–H and O–H groups in total. The summed E-state index contributed by atoms with van der Waals surface area (Å²) in [5, 5.41) is 19.7. The fourth-order valence-corrected chi connectivity index (χ4v) is 3.28. The van der Waals surface area contributed by atoms with Crippen LogP contribution in [-0.2, 0) is 22.6 Å². The molecule has 0 spiro atoms. The number of nitrogens with one attached hydrogen (secondary N) is 1. The molecule has 2 aromatic rings. The predicted molar refractivity (Wildman–Crippen MR) is 81.1 cm³/mol. The maximum atomic E-state index is 13.0. The highest BCUT2D eigenvalue weighted by molar-refractivity contribution is 7.85. The minimum atomic E-state index is -4.64. The molecule has 1 unspecified atom stereocenters. The lowest BCUT2D eigenvalue weighted by Gasteiger charge is -2.21. The first-order valence-corrected chi connectivity index (χ1v) is 8.29. The van der Waals surface area contributed by atoms with Crippen LogP contribution in [-0.4, -0.2) is 25.8 Å². The molecule has 0 bridgehead atoms. The van der Waals surface area contributed by atoms with Gasteiger partial charge in [0.1, 0.15) is 5.60 Å². The van der Waals surface area contributed by atoms with Crippen LogP contribution in [0.4, 0.5) is 13.2 Å². The van der Waals surface area contributed by atoms with Crippen LogP contribution in [0.25, 0.3) is 10.9 Å². The molecule has 0 aliphatic rings. The smallest absolute Gasteiger partial charge is 0.383 e. The highest BCUT2D eigenvalue weighted by Gasteiger charge is 2.35. The first-order valence-electron chi connectivity index (χ1n) is 6.80. The molecule has 0 aliphatic heterocycles. The van der Waals surface area contributed by atoms with Crippen molar-refractivity contribution in [1.82, 2.24) is 4.98 Å². The van der Waals surface area contributed by atoms with E-state index in [9.17, 15) is 22.5 Å². The summed E-state index contributed by atoms with van der Waals surface area (Å²) >= 11 is 0. The molecular formula is C15H15F3N2O2S. The molecule has 0 saturated heterocycles. The van der Waals surface area contributed by atoms with Crippen LogP contribution in [0.5, 0.6) is 0 Å². The second-order valence-electron chi connectivity index (χ2n) is 5.42. The topological polar surface area (TPSA) is 76.9 Å². The fourth-order valence-electron chi connectivity index (χ4n) is 2.29. The lowest BCUT2D eigenvalue weighted by Crippen LogP contribution is -2.29. The van der Waals surface area contributed by atoms with E-state index >= 15 is 0 Å². The average molecular weight is 344 g/mol. The van der Waals surface area contributed by atoms with Gasteiger partial charge in [-0.1, -0.05) is 6.92 Å². The van der Waals surface area contributed by atoms with Crippen molar-refractivity contribution in [2.45, 2.75) is 25.6 Å². The number of nitriles is 1. The van der Waals surface area contributed by atoms with E-state index in [4.69, 9.17) is 5.26 Å². The number of nitrogens with zero attached hydrogens (tertiary/aromatic N) is 1. The van der Waals surface area contributed by atoms with E-state index in [1.807, 2.05) is 0 Å². The Hall–Kier alpha value is -1.85. The Morgan fingerprint density at radius 2 is 2.00 bits per heavy atom. The summed E-state index contributed by atoms with van der Waals surface area (Å²) in [6.45, 7) is 3.16. The summed E-state index contributed by atoms with van der Waals surface area (Å²) < 4.78 is 50.5. The number of alkyl halides is 3. The summed E-state index contributed by atoms with van der Waals surface area (Å²) in [7, 11) is -1.25. The molecular weight excluding hydrogens is 329 g/mol. The summed E-state index contributed by atoms with van der Waals surface area (Å²) in [5.41, 5.74) is -2.55. The van der Waals surface area contributed by atoms with Gasteiger partial charge in [-0.05, 0) is 25.1 Å². The van der Waals surface area contributed by atoms with Gasteiger partial charge >= 0.3 is 6.18 Å². The van der Waals surface area contributed by atoms with Gasteiger partial charge in [0.15, 0.2) is 0 Å². The second-order valence-corrected chi connectivity index (χ2v) is 7.17. The van der Waals surface area contributed by atoms with Crippen molar-refractivity contribution in [3.05, 3.63) is 35.0 Å². The number of aliphatic hydroxyl groups is 1. The fraction of sp³-hybridized carbons (Fsp3) is 0.400. The Bertz CT molecular complexity index is 803. The summed E-state index contributed by atoms with van der Waals surface area (Å²) in [5.74, 6) is 0.334. The zero-order valence-electron chi connectivity index (χ0n) is 12.5. The largest absolute Gasteiger partial charge is 0.417 e. The lowest BCUT2D eigenvalue weighted by atomic mass is 10.0. The summed E-state index contributed by atoms with van der Waals surface area (Å²) in [4.78, 5) is 2.74. The van der Waals surface area contributed by atoms with Crippen molar-refractivity contribution in [3.8, 4) is 6.07 Å². The maximum Gasteiger partial charge on any atom is 0.417 e. The average Bonchev–Trinajstić information content (AvgIpc) is 2.88. The third kappa shape index (κ3) is 3.57. The van der Waals surface area contributed by atoms with Crippen molar-refractivity contribution in [3.63, 3.8) is 0 Å². The number of rotatable bonds is 4. The van der Waals surface area contributed by atoms with Crippen LogP contribution >= 0.6 is 0 Å². The number of hydrogen-bond donors (Lipinski definition) is 2. The number of halogens is 3. The van der Waals surface area contributed by atoms with E-state index in [0.29, 0.717) is 11.1 Å². The molecule has 1 heterocycles. The quantitative estimate of drug-likeness (QED) is 0.895. The van der Waals surface area contributed by atoms with Gasteiger partial charge in [-0.2, -0.15) is 18.4 Å². The van der Waals surface area contributed by atoms with Crippen LogP contribution in [0.1, 0.15) is 30.7 Å². The summed E-state index contributed by atoms with van der Waals surface area (Å²) in [6, 6.07) is 5.00. The van der Waals surface area contributed by atoms with Crippen molar-refractivity contribution in [2.24, 2.45) is 0 Å². The standard InChI is InChI=1S/C15H15F3N2O2S/c1-3-23(22)8-14(2,21)13-5-9-4-10(7-19)11(15(16,17)18)6-12(9)20-13/h4-6,20-21H,3,8H2,1-2H3/t14-,23?/m0/s1. The number of H-pyrrole nitrogens is 1. The van der Waals surface area contributed by atoms with Crippen molar-refractivity contribution >= 4 is 21.7 Å². The maximum absolute atomic E-state index is 13.0. The highest BCUT2D eigenvalue weighted by Crippen LogP contribution is 2.35. The molecule has 124 valence electrons. The zero-order valence-corrected chi connectivity index (χ0v) is 13.3. The van der Waals surface area contributed by atoms with E-state index in [-0.39, 0.29) is 17.0 Å². The molecule has 8 heteroatoms. The van der Waals surface area contributed by atoms with E-state index < -0.39 is 33.7 Å². The molecule has 23 heavy (non-hydrogen) atoms. The first-order chi connectivity index (χ1) is 10.6. The van der Waals surface area contributed by atoms with Crippen LogP contribution in [0.3, 0.4) is 0 Å². The van der Waals surface area contributed by atoms with Crippen LogP contribution in [0, 0.1) is 11.3 Å². The van der Waals surface area contributed by atoms with E-state index in [1.165, 1.54) is 19.1 Å². The second kappa shape index (κ2) is 5.98. The normalized spacial score (nSPS) is 16.0. The van der Waals surface area contributed by atoms with Gasteiger partial charge in [0, 0.05) is 33.1 Å². The van der Waals surface area contributed by atoms with E-state index in [2.05, 4.69) is 4.98 Å². The molecule has 2 rings (SSSR count). The minimum absolute atomic E-state index is 0.0342. The van der Waals surface area contributed by atoms with Gasteiger partial charge in [-0.3, -0.25) is 4.21 Å². The van der Waals surface area contributed by atoms with Crippen molar-refractivity contribution < 1.29 is 22.5 Å². The number of benzene rings is 1. The van der Waals surface area contributed by atoms with Gasteiger partial charge in [-0.15, -0.1) is 0 Å². The molecule has 2 atom stereocenters. The molecule has 0 fully saturated rings. The number of hydrogen-bond acceptors (Lipinski definition) is 3. The molecule has 0 saturated carbocycles. The molecule has 0 aliphatic carbocycles. The summed E-state index contributed by atoms with van der Waals surface area (Å²) in [6.07, 6.45) is -4.64. The zero-order chi connectivity index (χ0) is 17.4. The molecule has 1 aromatic heterocycles. The number of fused-ring (bicyclic) bond motifs is 1. The molecule has 4 nitrogen and oxygen atoms in total. The SMILES string of the molecule is CCS(=O)C[C@](C)(O)c1cc2cc(C#N)c(C(F)(F)F)cc2[nH]1. The third-order valence-electron chi connectivity index (χ3n) is 3.53. The van der Waals surface area contributed by atoms with Gasteiger partial charge in [0.05, 0.1) is 22.9 Å².